The topological polar surface area (TPSA) is 18.5 Å². The summed E-state index contributed by atoms with van der Waals surface area (Å²) in [6.07, 6.45) is 10.3. The molecule has 0 N–H and O–H groups in total. The van der Waals surface area contributed by atoms with Crippen molar-refractivity contribution in [3.8, 4) is 11.5 Å². The molecule has 1 aliphatic heterocycles. The molecular weight excluding hydrogens is 212 g/mol. The molecule has 2 heteroatoms. The molecule has 0 bridgehead atoms. The Hall–Kier alpha value is -1.70. The minimum atomic E-state index is 0.292. The first kappa shape index (κ1) is 9.34. The molecule has 0 spiro atoms. The van der Waals surface area contributed by atoms with E-state index in [2.05, 4.69) is 30.4 Å². The van der Waals surface area contributed by atoms with Gasteiger partial charge in [-0.05, 0) is 11.6 Å². The quantitative estimate of drug-likeness (QED) is 0.685. The average molecular weight is 226 g/mol. The molecule has 0 aromatic heterocycles. The first-order chi connectivity index (χ1) is 8.38. The summed E-state index contributed by atoms with van der Waals surface area (Å²) in [4.78, 5) is 0. The Bertz CT molecular complexity index is 542. The zero-order chi connectivity index (χ0) is 11.4. The van der Waals surface area contributed by atoms with Gasteiger partial charge in [0.2, 0.25) is 0 Å². The van der Waals surface area contributed by atoms with Crippen molar-refractivity contribution in [2.24, 2.45) is 5.92 Å². The van der Waals surface area contributed by atoms with Crippen LogP contribution in [0.3, 0.4) is 0 Å². The molecule has 1 heterocycles. The maximum absolute atomic E-state index is 6.11. The summed E-state index contributed by atoms with van der Waals surface area (Å²) in [7, 11) is 1.71. The predicted molar refractivity (Wildman–Crippen MR) is 66.4 cm³/mol. The van der Waals surface area contributed by atoms with Gasteiger partial charge in [0.05, 0.1) is 7.11 Å². The second-order valence-corrected chi connectivity index (χ2v) is 4.88. The molecule has 1 aromatic rings. The van der Waals surface area contributed by atoms with Crippen molar-refractivity contribution in [2.75, 3.05) is 7.11 Å². The first-order valence-corrected chi connectivity index (χ1v) is 6.11. The van der Waals surface area contributed by atoms with Crippen molar-refractivity contribution in [3.63, 3.8) is 0 Å². The van der Waals surface area contributed by atoms with Crippen molar-refractivity contribution in [2.45, 2.75) is 18.4 Å². The fraction of sp³-hybridized carbons (Fsp3) is 0.333. The lowest BCUT2D eigenvalue weighted by Gasteiger charge is -2.29. The van der Waals surface area contributed by atoms with Crippen LogP contribution in [0.25, 0.3) is 6.08 Å². The Labute approximate surface area is 101 Å². The van der Waals surface area contributed by atoms with Gasteiger partial charge >= 0.3 is 0 Å². The molecule has 2 nitrogen and oxygen atoms in total. The molecule has 0 fully saturated rings. The van der Waals surface area contributed by atoms with E-state index in [1.807, 2.05) is 6.07 Å². The highest BCUT2D eigenvalue weighted by atomic mass is 16.5. The molecule has 0 saturated carbocycles. The summed E-state index contributed by atoms with van der Waals surface area (Å²) in [5, 5.41) is 0. The van der Waals surface area contributed by atoms with Crippen LogP contribution >= 0.6 is 0 Å². The van der Waals surface area contributed by atoms with Crippen LogP contribution in [0.5, 0.6) is 11.5 Å². The van der Waals surface area contributed by atoms with Crippen LogP contribution in [0, 0.1) is 5.92 Å². The maximum atomic E-state index is 6.11. The van der Waals surface area contributed by atoms with Gasteiger partial charge in [-0.3, -0.25) is 0 Å². The average Bonchev–Trinajstić information content (AvgIpc) is 2.77. The minimum absolute atomic E-state index is 0.292. The Balaban J connectivity index is 1.98. The third-order valence-electron chi connectivity index (χ3n) is 4.06. The minimum Gasteiger partial charge on any atom is -0.493 e. The van der Waals surface area contributed by atoms with E-state index in [0.717, 1.165) is 17.9 Å². The van der Waals surface area contributed by atoms with Crippen LogP contribution in [-0.4, -0.2) is 13.2 Å². The van der Waals surface area contributed by atoms with Crippen molar-refractivity contribution < 1.29 is 9.47 Å². The number of hydrogen-bond donors (Lipinski definition) is 0. The van der Waals surface area contributed by atoms with Gasteiger partial charge in [0.1, 0.15) is 6.10 Å². The number of methoxy groups -OCH3 is 1. The third-order valence-corrected chi connectivity index (χ3v) is 4.06. The van der Waals surface area contributed by atoms with Crippen LogP contribution in [0.15, 0.2) is 30.4 Å². The van der Waals surface area contributed by atoms with E-state index in [4.69, 9.17) is 9.47 Å². The maximum Gasteiger partial charge on any atom is 0.165 e. The lowest BCUT2D eigenvalue weighted by molar-refractivity contribution is 0.185. The molecule has 0 amide bonds. The highest BCUT2D eigenvalue weighted by Gasteiger charge is 2.43. The van der Waals surface area contributed by atoms with E-state index in [9.17, 15) is 0 Å². The SMILES string of the molecule is COc1ccc2c3c1OC1CC=CC(C=C2)C31. The molecule has 3 atom stereocenters. The summed E-state index contributed by atoms with van der Waals surface area (Å²) < 4.78 is 11.5. The molecule has 3 aliphatic rings. The molecular formula is C15H14O2. The molecule has 2 aliphatic carbocycles. The molecule has 4 rings (SSSR count). The normalized spacial score (nSPS) is 31.0. The summed E-state index contributed by atoms with van der Waals surface area (Å²) in [6, 6.07) is 4.14. The second-order valence-electron chi connectivity index (χ2n) is 4.88. The lowest BCUT2D eigenvalue weighted by Crippen LogP contribution is -2.27. The molecule has 86 valence electrons. The van der Waals surface area contributed by atoms with E-state index < -0.39 is 0 Å². The lowest BCUT2D eigenvalue weighted by atomic mass is 9.74. The summed E-state index contributed by atoms with van der Waals surface area (Å²) >= 11 is 0. The molecule has 0 saturated heterocycles. The van der Waals surface area contributed by atoms with Crippen LogP contribution in [0.1, 0.15) is 23.5 Å². The molecule has 17 heavy (non-hydrogen) atoms. The van der Waals surface area contributed by atoms with Crippen molar-refractivity contribution in [3.05, 3.63) is 41.5 Å². The zero-order valence-corrected chi connectivity index (χ0v) is 9.72. The van der Waals surface area contributed by atoms with Gasteiger partial charge in [-0.2, -0.15) is 0 Å². The van der Waals surface area contributed by atoms with E-state index in [1.54, 1.807) is 7.11 Å². The highest BCUT2D eigenvalue weighted by molar-refractivity contribution is 5.68. The Morgan fingerprint density at radius 3 is 3.12 bits per heavy atom. The van der Waals surface area contributed by atoms with Gasteiger partial charge in [0.25, 0.3) is 0 Å². The van der Waals surface area contributed by atoms with Crippen LogP contribution < -0.4 is 9.47 Å². The van der Waals surface area contributed by atoms with E-state index >= 15 is 0 Å². The van der Waals surface area contributed by atoms with Gasteiger partial charge in [-0.15, -0.1) is 0 Å². The van der Waals surface area contributed by atoms with Gasteiger partial charge in [-0.25, -0.2) is 0 Å². The predicted octanol–water partition coefficient (Wildman–Crippen LogP) is 3.14. The molecule has 0 radical (unpaired) electrons. The largest absolute Gasteiger partial charge is 0.493 e. The number of allylic oxidation sites excluding steroid dienone is 2. The number of ether oxygens (including phenoxy) is 2. The van der Waals surface area contributed by atoms with Crippen LogP contribution in [-0.2, 0) is 0 Å². The third kappa shape index (κ3) is 1.10. The standard InChI is InChI=1S/C15H14O2/c1-16-12-8-7-10-6-5-9-3-2-4-11-13(9)14(10)15(12)17-11/h2-3,5-9,11,13H,4H2,1H3. The number of hydrogen-bond acceptors (Lipinski definition) is 2. The van der Waals surface area contributed by atoms with E-state index in [-0.39, 0.29) is 0 Å². The van der Waals surface area contributed by atoms with Gasteiger partial charge in [0.15, 0.2) is 11.5 Å². The van der Waals surface area contributed by atoms with Gasteiger partial charge in [0, 0.05) is 23.8 Å². The Morgan fingerprint density at radius 1 is 1.29 bits per heavy atom. The number of rotatable bonds is 1. The summed E-state index contributed by atoms with van der Waals surface area (Å²) in [5.74, 6) is 2.82. The second kappa shape index (κ2) is 3.16. The fourth-order valence-electron chi connectivity index (χ4n) is 3.30. The van der Waals surface area contributed by atoms with E-state index in [1.165, 1.54) is 11.1 Å². The van der Waals surface area contributed by atoms with Gasteiger partial charge < -0.3 is 9.47 Å². The zero-order valence-electron chi connectivity index (χ0n) is 9.72. The summed E-state index contributed by atoms with van der Waals surface area (Å²) in [5.41, 5.74) is 2.64. The first-order valence-electron chi connectivity index (χ1n) is 6.11. The molecule has 3 unspecified atom stereocenters. The molecule has 1 aromatic carbocycles. The smallest absolute Gasteiger partial charge is 0.165 e. The van der Waals surface area contributed by atoms with Crippen molar-refractivity contribution >= 4 is 6.08 Å². The van der Waals surface area contributed by atoms with Crippen molar-refractivity contribution in [1.29, 1.82) is 0 Å². The monoisotopic (exact) mass is 226 g/mol. The Morgan fingerprint density at radius 2 is 2.24 bits per heavy atom. The van der Waals surface area contributed by atoms with Gasteiger partial charge in [-0.1, -0.05) is 30.4 Å². The fourth-order valence-corrected chi connectivity index (χ4v) is 3.30. The summed E-state index contributed by atoms with van der Waals surface area (Å²) in [6.45, 7) is 0. The van der Waals surface area contributed by atoms with E-state index in [0.29, 0.717) is 17.9 Å². The van der Waals surface area contributed by atoms with Crippen LogP contribution in [0.4, 0.5) is 0 Å². The number of benzene rings is 1. The Kier molecular flexibility index (Phi) is 1.74. The van der Waals surface area contributed by atoms with Crippen LogP contribution in [0.2, 0.25) is 0 Å². The highest BCUT2D eigenvalue weighted by Crippen LogP contribution is 2.54. The van der Waals surface area contributed by atoms with Crippen molar-refractivity contribution in [1.82, 2.24) is 0 Å².